The number of hydrogen-bond donors (Lipinski definition) is 0. The number of para-hydroxylation sites is 1. The Bertz CT molecular complexity index is 504. The van der Waals surface area contributed by atoms with Gasteiger partial charge < -0.3 is 4.90 Å². The van der Waals surface area contributed by atoms with Crippen molar-refractivity contribution in [2.75, 3.05) is 5.75 Å². The van der Waals surface area contributed by atoms with E-state index in [1.807, 2.05) is 0 Å². The van der Waals surface area contributed by atoms with Crippen LogP contribution in [0.1, 0.15) is 19.4 Å². The molecule has 0 saturated carbocycles. The SMILES string of the molecule is CC(C)[C@@H]1SCC(=O)N1Cc1ccccc1[N+](=O)[O-]. The number of amides is 1. The lowest BCUT2D eigenvalue weighted by Crippen LogP contribution is -2.35. The molecule has 0 spiro atoms. The highest BCUT2D eigenvalue weighted by atomic mass is 32.2. The van der Waals surface area contributed by atoms with Gasteiger partial charge in [-0.1, -0.05) is 32.0 Å². The van der Waals surface area contributed by atoms with Gasteiger partial charge in [-0.25, -0.2) is 0 Å². The molecule has 19 heavy (non-hydrogen) atoms. The molecule has 1 aliphatic rings. The van der Waals surface area contributed by atoms with Crippen LogP contribution in [0.5, 0.6) is 0 Å². The molecular formula is C13H16N2O3S. The second-order valence-corrected chi connectivity index (χ2v) is 5.96. The molecule has 0 unspecified atom stereocenters. The van der Waals surface area contributed by atoms with Crippen molar-refractivity contribution in [3.63, 3.8) is 0 Å². The predicted octanol–water partition coefficient (Wildman–Crippen LogP) is 2.65. The summed E-state index contributed by atoms with van der Waals surface area (Å²) in [4.78, 5) is 24.3. The van der Waals surface area contributed by atoms with Gasteiger partial charge in [0.25, 0.3) is 5.69 Å². The first kappa shape index (κ1) is 13.9. The van der Waals surface area contributed by atoms with Gasteiger partial charge in [0.15, 0.2) is 0 Å². The molecule has 1 saturated heterocycles. The number of nitrogens with zero attached hydrogens (tertiary/aromatic N) is 2. The first-order chi connectivity index (χ1) is 9.00. The van der Waals surface area contributed by atoms with E-state index in [1.165, 1.54) is 6.07 Å². The van der Waals surface area contributed by atoms with E-state index in [9.17, 15) is 14.9 Å². The first-order valence-electron chi connectivity index (χ1n) is 6.14. The van der Waals surface area contributed by atoms with Crippen molar-refractivity contribution in [2.45, 2.75) is 25.8 Å². The third kappa shape index (κ3) is 2.89. The quantitative estimate of drug-likeness (QED) is 0.628. The van der Waals surface area contributed by atoms with Crippen LogP contribution in [0, 0.1) is 16.0 Å². The van der Waals surface area contributed by atoms with Crippen LogP contribution in [0.4, 0.5) is 5.69 Å². The maximum atomic E-state index is 11.9. The Kier molecular flexibility index (Phi) is 4.09. The van der Waals surface area contributed by atoms with Crippen LogP contribution in [0.2, 0.25) is 0 Å². The fourth-order valence-electron chi connectivity index (χ4n) is 2.21. The summed E-state index contributed by atoms with van der Waals surface area (Å²) in [6, 6.07) is 6.60. The van der Waals surface area contributed by atoms with Crippen LogP contribution in [-0.4, -0.2) is 26.9 Å². The molecule has 1 amide bonds. The van der Waals surface area contributed by atoms with Crippen LogP contribution < -0.4 is 0 Å². The van der Waals surface area contributed by atoms with Gasteiger partial charge in [0.05, 0.1) is 22.6 Å². The summed E-state index contributed by atoms with van der Waals surface area (Å²) in [5.74, 6) is 0.852. The molecular weight excluding hydrogens is 264 g/mol. The number of nitro benzene ring substituents is 1. The number of rotatable bonds is 4. The molecule has 0 aromatic heterocycles. The van der Waals surface area contributed by atoms with Gasteiger partial charge in [0, 0.05) is 11.6 Å². The Morgan fingerprint density at radius 3 is 2.79 bits per heavy atom. The summed E-state index contributed by atoms with van der Waals surface area (Å²) >= 11 is 1.61. The van der Waals surface area contributed by atoms with Crippen molar-refractivity contribution in [1.82, 2.24) is 4.90 Å². The number of carbonyl (C=O) groups excluding carboxylic acids is 1. The lowest BCUT2D eigenvalue weighted by molar-refractivity contribution is -0.385. The monoisotopic (exact) mass is 280 g/mol. The summed E-state index contributed by atoms with van der Waals surface area (Å²) < 4.78 is 0. The van der Waals surface area contributed by atoms with E-state index in [1.54, 1.807) is 34.9 Å². The van der Waals surface area contributed by atoms with Crippen molar-refractivity contribution in [3.8, 4) is 0 Å². The Labute approximate surface area is 116 Å². The van der Waals surface area contributed by atoms with Gasteiger partial charge in [0.1, 0.15) is 0 Å². The normalized spacial score (nSPS) is 19.2. The highest BCUT2D eigenvalue weighted by Crippen LogP contribution is 2.33. The van der Waals surface area contributed by atoms with Crippen LogP contribution in [-0.2, 0) is 11.3 Å². The summed E-state index contributed by atoms with van der Waals surface area (Å²) in [7, 11) is 0. The molecule has 0 aliphatic carbocycles. The minimum atomic E-state index is -0.395. The molecule has 0 N–H and O–H groups in total. The van der Waals surface area contributed by atoms with E-state index in [-0.39, 0.29) is 17.0 Å². The number of nitro groups is 1. The van der Waals surface area contributed by atoms with E-state index in [0.29, 0.717) is 23.8 Å². The predicted molar refractivity (Wildman–Crippen MR) is 74.7 cm³/mol. The smallest absolute Gasteiger partial charge is 0.274 e. The largest absolute Gasteiger partial charge is 0.325 e. The van der Waals surface area contributed by atoms with Gasteiger partial charge in [-0.05, 0) is 5.92 Å². The molecule has 1 aliphatic heterocycles. The Hall–Kier alpha value is -1.56. The first-order valence-corrected chi connectivity index (χ1v) is 7.19. The van der Waals surface area contributed by atoms with Crippen molar-refractivity contribution >= 4 is 23.4 Å². The van der Waals surface area contributed by atoms with Crippen LogP contribution in [0.3, 0.4) is 0 Å². The lowest BCUT2D eigenvalue weighted by atomic mass is 10.1. The van der Waals surface area contributed by atoms with E-state index >= 15 is 0 Å². The number of thioether (sulfide) groups is 1. The molecule has 1 atom stereocenters. The zero-order valence-electron chi connectivity index (χ0n) is 10.9. The Morgan fingerprint density at radius 2 is 2.16 bits per heavy atom. The fourth-order valence-corrected chi connectivity index (χ4v) is 3.44. The summed E-state index contributed by atoms with van der Waals surface area (Å²) in [5, 5.41) is 11.1. The summed E-state index contributed by atoms with van der Waals surface area (Å²) in [6.07, 6.45) is 0. The molecule has 0 radical (unpaired) electrons. The molecule has 1 fully saturated rings. The third-order valence-electron chi connectivity index (χ3n) is 3.10. The second kappa shape index (κ2) is 5.61. The molecule has 0 bridgehead atoms. The molecule has 102 valence electrons. The molecule has 1 aromatic rings. The zero-order chi connectivity index (χ0) is 14.0. The van der Waals surface area contributed by atoms with Crippen LogP contribution in [0.15, 0.2) is 24.3 Å². The number of hydrogen-bond acceptors (Lipinski definition) is 4. The van der Waals surface area contributed by atoms with E-state index < -0.39 is 4.92 Å². The minimum Gasteiger partial charge on any atom is -0.325 e. The van der Waals surface area contributed by atoms with Crippen molar-refractivity contribution in [1.29, 1.82) is 0 Å². The topological polar surface area (TPSA) is 63.5 Å². The van der Waals surface area contributed by atoms with E-state index in [0.717, 1.165) is 0 Å². The standard InChI is InChI=1S/C13H16N2O3S/c1-9(2)13-14(12(16)8-19-13)7-10-5-3-4-6-11(10)15(17)18/h3-6,9,13H,7-8H2,1-2H3/t13-/m0/s1. The molecule has 6 heteroatoms. The summed E-state index contributed by atoms with van der Waals surface area (Å²) in [5.41, 5.74) is 0.670. The molecule has 1 aromatic carbocycles. The highest BCUT2D eigenvalue weighted by Gasteiger charge is 2.34. The Morgan fingerprint density at radius 1 is 1.47 bits per heavy atom. The van der Waals surface area contributed by atoms with Gasteiger partial charge in [-0.2, -0.15) is 0 Å². The zero-order valence-corrected chi connectivity index (χ0v) is 11.7. The maximum absolute atomic E-state index is 11.9. The Balaban J connectivity index is 2.25. The van der Waals surface area contributed by atoms with Gasteiger partial charge in [-0.3, -0.25) is 14.9 Å². The molecule has 5 nitrogen and oxygen atoms in total. The van der Waals surface area contributed by atoms with Crippen LogP contribution in [0.25, 0.3) is 0 Å². The number of benzene rings is 1. The third-order valence-corrected chi connectivity index (χ3v) is 4.66. The summed E-state index contributed by atoms with van der Waals surface area (Å²) in [6.45, 7) is 4.43. The lowest BCUT2D eigenvalue weighted by Gasteiger charge is -2.26. The van der Waals surface area contributed by atoms with Crippen molar-refractivity contribution in [2.24, 2.45) is 5.92 Å². The van der Waals surface area contributed by atoms with Crippen molar-refractivity contribution in [3.05, 3.63) is 39.9 Å². The van der Waals surface area contributed by atoms with Crippen molar-refractivity contribution < 1.29 is 9.72 Å². The van der Waals surface area contributed by atoms with E-state index in [2.05, 4.69) is 13.8 Å². The fraction of sp³-hybridized carbons (Fsp3) is 0.462. The van der Waals surface area contributed by atoms with Gasteiger partial charge >= 0.3 is 0 Å². The van der Waals surface area contributed by atoms with Gasteiger partial charge in [0.2, 0.25) is 5.91 Å². The number of carbonyl (C=O) groups is 1. The van der Waals surface area contributed by atoms with Gasteiger partial charge in [-0.15, -0.1) is 11.8 Å². The second-order valence-electron chi connectivity index (χ2n) is 4.85. The average molecular weight is 280 g/mol. The highest BCUT2D eigenvalue weighted by molar-refractivity contribution is 8.01. The van der Waals surface area contributed by atoms with E-state index in [4.69, 9.17) is 0 Å². The average Bonchev–Trinajstić information content (AvgIpc) is 2.72. The molecule has 2 rings (SSSR count). The van der Waals surface area contributed by atoms with Crippen LogP contribution >= 0.6 is 11.8 Å². The minimum absolute atomic E-state index is 0.0573. The maximum Gasteiger partial charge on any atom is 0.274 e. The molecule has 1 heterocycles.